The number of aliphatic imine (C=N–C) groups is 1. The maximum Gasteiger partial charge on any atom is 0.217 e. The average molecular weight is 338 g/mol. The second-order valence-electron chi connectivity index (χ2n) is 5.31. The van der Waals surface area contributed by atoms with E-state index >= 15 is 0 Å². The van der Waals surface area contributed by atoms with E-state index in [-0.39, 0.29) is 12.4 Å². The van der Waals surface area contributed by atoms with Crippen LogP contribution in [0.2, 0.25) is 0 Å². The van der Waals surface area contributed by atoms with Crippen molar-refractivity contribution in [3.63, 3.8) is 0 Å². The lowest BCUT2D eigenvalue weighted by molar-refractivity contribution is 0.181. The van der Waals surface area contributed by atoms with Gasteiger partial charge in [0.25, 0.3) is 0 Å². The molecule has 0 saturated heterocycles. The van der Waals surface area contributed by atoms with Crippen LogP contribution in [0.3, 0.4) is 0 Å². The standard InChI is InChI=1S/C18H15FN4O2/c1-2-5-24-15-7-12(9-20)6-13(8-15)17-11-25-23-18(22-17)16-4-3-14(19)10-21-16/h3-4,6-8,10H,2,5,11H2,1H3. The summed E-state index contributed by atoms with van der Waals surface area (Å²) < 4.78 is 18.6. The van der Waals surface area contributed by atoms with Crippen LogP contribution in [0.25, 0.3) is 0 Å². The molecule has 0 spiro atoms. The highest BCUT2D eigenvalue weighted by molar-refractivity contribution is 6.13. The van der Waals surface area contributed by atoms with Gasteiger partial charge in [-0.3, -0.25) is 0 Å². The monoisotopic (exact) mass is 338 g/mol. The van der Waals surface area contributed by atoms with Crippen LogP contribution in [0.4, 0.5) is 4.39 Å². The van der Waals surface area contributed by atoms with Crippen molar-refractivity contribution in [2.45, 2.75) is 13.3 Å². The third-order valence-electron chi connectivity index (χ3n) is 3.39. The van der Waals surface area contributed by atoms with E-state index in [4.69, 9.17) is 9.57 Å². The normalized spacial score (nSPS) is 13.3. The van der Waals surface area contributed by atoms with Crippen molar-refractivity contribution in [1.29, 1.82) is 5.26 Å². The highest BCUT2D eigenvalue weighted by Crippen LogP contribution is 2.20. The first-order valence-corrected chi connectivity index (χ1v) is 7.77. The molecule has 0 saturated carbocycles. The molecule has 1 aliphatic heterocycles. The zero-order valence-electron chi connectivity index (χ0n) is 13.6. The van der Waals surface area contributed by atoms with E-state index in [0.717, 1.165) is 12.6 Å². The number of hydrogen-bond donors (Lipinski definition) is 0. The Kier molecular flexibility index (Phi) is 5.00. The van der Waals surface area contributed by atoms with E-state index in [1.54, 1.807) is 18.2 Å². The topological polar surface area (TPSA) is 79.9 Å². The summed E-state index contributed by atoms with van der Waals surface area (Å²) in [4.78, 5) is 13.6. The lowest BCUT2D eigenvalue weighted by Gasteiger charge is -2.14. The Bertz CT molecular complexity index is 870. The fourth-order valence-electron chi connectivity index (χ4n) is 2.23. The SMILES string of the molecule is CCCOc1cc(C#N)cc(C2=NC(c3ccc(F)cn3)=NOC2)c1. The summed E-state index contributed by atoms with van der Waals surface area (Å²) >= 11 is 0. The van der Waals surface area contributed by atoms with Crippen LogP contribution < -0.4 is 4.74 Å². The summed E-state index contributed by atoms with van der Waals surface area (Å²) in [6.07, 6.45) is 1.96. The van der Waals surface area contributed by atoms with Gasteiger partial charge >= 0.3 is 0 Å². The quantitative estimate of drug-likeness (QED) is 0.839. The number of nitrogens with zero attached hydrogens (tertiary/aromatic N) is 4. The number of halogens is 1. The smallest absolute Gasteiger partial charge is 0.217 e. The Morgan fingerprint density at radius 3 is 2.92 bits per heavy atom. The molecular weight excluding hydrogens is 323 g/mol. The van der Waals surface area contributed by atoms with E-state index < -0.39 is 5.82 Å². The molecule has 0 atom stereocenters. The number of aromatic nitrogens is 1. The third kappa shape index (κ3) is 3.98. The lowest BCUT2D eigenvalue weighted by Crippen LogP contribution is -2.18. The average Bonchev–Trinajstić information content (AvgIpc) is 2.66. The molecule has 25 heavy (non-hydrogen) atoms. The Morgan fingerprint density at radius 1 is 1.32 bits per heavy atom. The summed E-state index contributed by atoms with van der Waals surface area (Å²) in [6, 6.07) is 10.1. The molecular formula is C18H15FN4O2. The Labute approximate surface area is 144 Å². The number of oxime groups is 1. The van der Waals surface area contributed by atoms with Crippen molar-refractivity contribution >= 4 is 11.5 Å². The van der Waals surface area contributed by atoms with Crippen molar-refractivity contribution in [3.8, 4) is 11.8 Å². The van der Waals surface area contributed by atoms with Gasteiger partial charge < -0.3 is 9.57 Å². The molecule has 6 nitrogen and oxygen atoms in total. The maximum atomic E-state index is 13.0. The number of pyridine rings is 1. The summed E-state index contributed by atoms with van der Waals surface area (Å²) in [7, 11) is 0. The van der Waals surface area contributed by atoms with Crippen molar-refractivity contribution in [2.75, 3.05) is 13.2 Å². The highest BCUT2D eigenvalue weighted by Gasteiger charge is 2.16. The fraction of sp³-hybridized carbons (Fsp3) is 0.222. The summed E-state index contributed by atoms with van der Waals surface area (Å²) in [6.45, 7) is 2.73. The van der Waals surface area contributed by atoms with Crippen LogP contribution in [0.15, 0.2) is 46.7 Å². The molecule has 0 unspecified atom stereocenters. The molecule has 0 bridgehead atoms. The van der Waals surface area contributed by atoms with E-state index in [1.165, 1.54) is 12.1 Å². The molecule has 0 aliphatic carbocycles. The summed E-state index contributed by atoms with van der Waals surface area (Å²) in [5.41, 5.74) is 2.17. The molecule has 126 valence electrons. The highest BCUT2D eigenvalue weighted by atomic mass is 19.1. The molecule has 0 radical (unpaired) electrons. The lowest BCUT2D eigenvalue weighted by atomic mass is 10.1. The van der Waals surface area contributed by atoms with Crippen molar-refractivity contribution in [3.05, 3.63) is 59.2 Å². The minimum absolute atomic E-state index is 0.160. The van der Waals surface area contributed by atoms with Gasteiger partial charge in [-0.15, -0.1) is 0 Å². The first-order valence-electron chi connectivity index (χ1n) is 7.77. The van der Waals surface area contributed by atoms with E-state index in [9.17, 15) is 9.65 Å². The number of hydrogen-bond acceptors (Lipinski definition) is 6. The van der Waals surface area contributed by atoms with Crippen LogP contribution >= 0.6 is 0 Å². The number of amidine groups is 1. The van der Waals surface area contributed by atoms with Gasteiger partial charge in [0.15, 0.2) is 6.61 Å². The van der Waals surface area contributed by atoms with Gasteiger partial charge in [-0.05, 0) is 36.8 Å². The van der Waals surface area contributed by atoms with E-state index in [2.05, 4.69) is 21.2 Å². The third-order valence-corrected chi connectivity index (χ3v) is 3.39. The van der Waals surface area contributed by atoms with Gasteiger partial charge in [0.2, 0.25) is 5.84 Å². The molecule has 2 aromatic rings. The number of ether oxygens (including phenoxy) is 1. The first kappa shape index (κ1) is 16.6. The number of nitriles is 1. The van der Waals surface area contributed by atoms with Gasteiger partial charge in [0.05, 0.1) is 30.1 Å². The molecule has 1 aliphatic rings. The van der Waals surface area contributed by atoms with Gasteiger partial charge in [0, 0.05) is 5.56 Å². The largest absolute Gasteiger partial charge is 0.494 e. The van der Waals surface area contributed by atoms with Crippen LogP contribution in [-0.2, 0) is 4.84 Å². The molecule has 3 rings (SSSR count). The van der Waals surface area contributed by atoms with E-state index in [0.29, 0.717) is 34.9 Å². The molecule has 1 aromatic heterocycles. The molecule has 2 heterocycles. The number of benzene rings is 1. The minimum Gasteiger partial charge on any atom is -0.494 e. The Morgan fingerprint density at radius 2 is 2.20 bits per heavy atom. The zero-order valence-corrected chi connectivity index (χ0v) is 13.6. The van der Waals surface area contributed by atoms with Gasteiger partial charge in [-0.25, -0.2) is 14.4 Å². The van der Waals surface area contributed by atoms with Crippen LogP contribution in [0.1, 0.15) is 30.2 Å². The molecule has 0 fully saturated rings. The zero-order chi connectivity index (χ0) is 17.6. The van der Waals surface area contributed by atoms with Crippen LogP contribution in [-0.4, -0.2) is 29.7 Å². The molecule has 7 heteroatoms. The van der Waals surface area contributed by atoms with Crippen molar-refractivity contribution < 1.29 is 14.0 Å². The molecule has 1 aromatic carbocycles. The van der Waals surface area contributed by atoms with Gasteiger partial charge in [0.1, 0.15) is 17.3 Å². The van der Waals surface area contributed by atoms with Gasteiger partial charge in [-0.1, -0.05) is 12.1 Å². The van der Waals surface area contributed by atoms with Crippen molar-refractivity contribution in [2.24, 2.45) is 10.1 Å². The molecule has 0 amide bonds. The van der Waals surface area contributed by atoms with E-state index in [1.807, 2.05) is 6.92 Å². The summed E-state index contributed by atoms with van der Waals surface area (Å²) in [5, 5.41) is 13.1. The van der Waals surface area contributed by atoms with Gasteiger partial charge in [-0.2, -0.15) is 5.26 Å². The van der Waals surface area contributed by atoms with Crippen molar-refractivity contribution in [1.82, 2.24) is 4.98 Å². The predicted octanol–water partition coefficient (Wildman–Crippen LogP) is 3.06. The minimum atomic E-state index is -0.440. The predicted molar refractivity (Wildman–Crippen MR) is 90.2 cm³/mol. The first-order chi connectivity index (χ1) is 12.2. The number of rotatable bonds is 5. The second-order valence-corrected chi connectivity index (χ2v) is 5.31. The Balaban J connectivity index is 1.94. The van der Waals surface area contributed by atoms with Crippen LogP contribution in [0, 0.1) is 17.1 Å². The maximum absolute atomic E-state index is 13.0. The molecule has 0 N–H and O–H groups in total. The fourth-order valence-corrected chi connectivity index (χ4v) is 2.23. The Hall–Kier alpha value is -3.27. The summed E-state index contributed by atoms with van der Waals surface area (Å²) in [5.74, 6) is 0.409. The second kappa shape index (κ2) is 7.53. The van der Waals surface area contributed by atoms with Crippen LogP contribution in [0.5, 0.6) is 5.75 Å².